The molecule has 1 rings (SSSR count). The van der Waals surface area contributed by atoms with Crippen molar-refractivity contribution in [3.63, 3.8) is 0 Å². The van der Waals surface area contributed by atoms with Gasteiger partial charge in [-0.25, -0.2) is 9.59 Å². The van der Waals surface area contributed by atoms with Crippen molar-refractivity contribution in [1.29, 1.82) is 5.26 Å². The van der Waals surface area contributed by atoms with Gasteiger partial charge in [0.1, 0.15) is 5.60 Å². The molecule has 0 bridgehead atoms. The first-order valence-electron chi connectivity index (χ1n) is 6.55. The van der Waals surface area contributed by atoms with E-state index in [2.05, 4.69) is 0 Å². The predicted molar refractivity (Wildman–Crippen MR) is 71.7 cm³/mol. The van der Waals surface area contributed by atoms with Crippen LogP contribution in [0.15, 0.2) is 11.1 Å². The van der Waals surface area contributed by atoms with Crippen molar-refractivity contribution in [2.45, 2.75) is 39.7 Å². The van der Waals surface area contributed by atoms with E-state index in [-0.39, 0.29) is 18.7 Å². The Hall–Kier alpha value is -2.03. The van der Waals surface area contributed by atoms with Crippen molar-refractivity contribution in [2.24, 2.45) is 0 Å². The van der Waals surface area contributed by atoms with Gasteiger partial charge in [0.2, 0.25) is 0 Å². The number of carbonyl (C=O) groups is 2. The summed E-state index contributed by atoms with van der Waals surface area (Å²) in [7, 11) is 0. The molecule has 0 aromatic rings. The van der Waals surface area contributed by atoms with Gasteiger partial charge < -0.3 is 14.4 Å². The minimum Gasteiger partial charge on any atom is -0.463 e. The van der Waals surface area contributed by atoms with Gasteiger partial charge in [-0.05, 0) is 34.1 Å². The molecule has 1 amide bonds. The van der Waals surface area contributed by atoms with Crippen LogP contribution in [0.1, 0.15) is 34.1 Å². The minimum atomic E-state index is -0.588. The highest BCUT2D eigenvalue weighted by atomic mass is 16.6. The van der Waals surface area contributed by atoms with Gasteiger partial charge in [-0.15, -0.1) is 0 Å². The molecule has 1 aliphatic heterocycles. The number of rotatable bonds is 2. The quantitative estimate of drug-likeness (QED) is 0.723. The molecular weight excluding hydrogens is 260 g/mol. The van der Waals surface area contributed by atoms with Crippen LogP contribution in [-0.4, -0.2) is 42.3 Å². The van der Waals surface area contributed by atoms with E-state index in [1.54, 1.807) is 27.7 Å². The average molecular weight is 280 g/mol. The van der Waals surface area contributed by atoms with Gasteiger partial charge in [0.25, 0.3) is 0 Å². The Bertz CT molecular complexity index is 469. The van der Waals surface area contributed by atoms with Crippen LogP contribution in [-0.2, 0) is 14.3 Å². The standard InChI is InChI=1S/C14H20N2O4/c1-5-19-12(17)11-6-7-16(9-10(11)8-15)13(18)20-14(2,3)4/h5-7,9H2,1-4H3. The molecule has 20 heavy (non-hydrogen) atoms. The molecule has 0 saturated carbocycles. The minimum absolute atomic E-state index is 0.0829. The fraction of sp³-hybridized carbons (Fsp3) is 0.643. The Morgan fingerprint density at radius 1 is 1.40 bits per heavy atom. The van der Waals surface area contributed by atoms with Crippen molar-refractivity contribution < 1.29 is 19.1 Å². The number of hydrogen-bond acceptors (Lipinski definition) is 5. The summed E-state index contributed by atoms with van der Waals surface area (Å²) < 4.78 is 10.2. The Kier molecular flexibility index (Phi) is 5.14. The molecule has 0 aromatic carbocycles. The highest BCUT2D eigenvalue weighted by Gasteiger charge is 2.29. The lowest BCUT2D eigenvalue weighted by Crippen LogP contribution is -2.41. The van der Waals surface area contributed by atoms with Crippen molar-refractivity contribution in [2.75, 3.05) is 19.7 Å². The van der Waals surface area contributed by atoms with Crippen LogP contribution in [0.25, 0.3) is 0 Å². The van der Waals surface area contributed by atoms with Gasteiger partial charge in [0.15, 0.2) is 0 Å². The number of hydrogen-bond donors (Lipinski definition) is 0. The second kappa shape index (κ2) is 6.42. The highest BCUT2D eigenvalue weighted by Crippen LogP contribution is 2.21. The first-order valence-corrected chi connectivity index (χ1v) is 6.55. The summed E-state index contributed by atoms with van der Waals surface area (Å²) >= 11 is 0. The fourth-order valence-corrected chi connectivity index (χ4v) is 1.79. The summed E-state index contributed by atoms with van der Waals surface area (Å²) in [6.45, 7) is 7.73. The topological polar surface area (TPSA) is 79.6 Å². The molecule has 0 aliphatic carbocycles. The third-order valence-corrected chi connectivity index (χ3v) is 2.65. The highest BCUT2D eigenvalue weighted by molar-refractivity contribution is 5.91. The van der Waals surface area contributed by atoms with Gasteiger partial charge in [0, 0.05) is 6.54 Å². The maximum Gasteiger partial charge on any atom is 0.410 e. The lowest BCUT2D eigenvalue weighted by molar-refractivity contribution is -0.138. The molecule has 6 heteroatoms. The fourth-order valence-electron chi connectivity index (χ4n) is 1.79. The average Bonchev–Trinajstić information content (AvgIpc) is 2.36. The number of nitrogens with zero attached hydrogens (tertiary/aromatic N) is 2. The van der Waals surface area contributed by atoms with Crippen LogP contribution < -0.4 is 0 Å². The largest absolute Gasteiger partial charge is 0.463 e. The summed E-state index contributed by atoms with van der Waals surface area (Å²) in [6, 6.07) is 1.97. The summed E-state index contributed by atoms with van der Waals surface area (Å²) in [6.07, 6.45) is -0.172. The monoisotopic (exact) mass is 280 g/mol. The van der Waals surface area contributed by atoms with E-state index < -0.39 is 17.7 Å². The smallest absolute Gasteiger partial charge is 0.410 e. The van der Waals surface area contributed by atoms with Crippen LogP contribution in [0.3, 0.4) is 0 Å². The van der Waals surface area contributed by atoms with E-state index >= 15 is 0 Å². The number of nitriles is 1. The third-order valence-electron chi connectivity index (χ3n) is 2.65. The zero-order chi connectivity index (χ0) is 15.3. The van der Waals surface area contributed by atoms with E-state index in [4.69, 9.17) is 14.7 Å². The van der Waals surface area contributed by atoms with E-state index in [0.29, 0.717) is 18.5 Å². The number of ether oxygens (including phenoxy) is 2. The molecule has 110 valence electrons. The Balaban J connectivity index is 2.81. The summed E-state index contributed by atoms with van der Waals surface area (Å²) in [5.74, 6) is -0.479. The van der Waals surface area contributed by atoms with Crippen LogP contribution in [0.5, 0.6) is 0 Å². The second-order valence-corrected chi connectivity index (χ2v) is 5.44. The molecule has 0 aromatic heterocycles. The van der Waals surface area contributed by atoms with Gasteiger partial charge in [-0.3, -0.25) is 0 Å². The second-order valence-electron chi connectivity index (χ2n) is 5.44. The van der Waals surface area contributed by atoms with Crippen molar-refractivity contribution in [3.05, 3.63) is 11.1 Å². The van der Waals surface area contributed by atoms with Crippen molar-refractivity contribution >= 4 is 12.1 Å². The molecule has 1 heterocycles. The molecule has 0 saturated heterocycles. The van der Waals surface area contributed by atoms with Crippen LogP contribution >= 0.6 is 0 Å². The summed E-state index contributed by atoms with van der Waals surface area (Å²) in [5, 5.41) is 9.12. The lowest BCUT2D eigenvalue weighted by Gasteiger charge is -2.30. The number of amides is 1. The molecular formula is C14H20N2O4. The van der Waals surface area contributed by atoms with Crippen LogP contribution in [0.4, 0.5) is 4.79 Å². The maximum atomic E-state index is 11.9. The van der Waals surface area contributed by atoms with Crippen molar-refractivity contribution in [3.8, 4) is 6.07 Å². The van der Waals surface area contributed by atoms with Crippen LogP contribution in [0, 0.1) is 11.3 Å². The molecule has 6 nitrogen and oxygen atoms in total. The number of esters is 1. The van der Waals surface area contributed by atoms with E-state index in [1.807, 2.05) is 6.07 Å². The van der Waals surface area contributed by atoms with Crippen LogP contribution in [0.2, 0.25) is 0 Å². The number of carbonyl (C=O) groups excluding carboxylic acids is 2. The molecule has 0 atom stereocenters. The van der Waals surface area contributed by atoms with Gasteiger partial charge in [-0.1, -0.05) is 0 Å². The zero-order valence-corrected chi connectivity index (χ0v) is 12.4. The summed E-state index contributed by atoms with van der Waals surface area (Å²) in [5.41, 5.74) is 0.0318. The summed E-state index contributed by atoms with van der Waals surface area (Å²) in [4.78, 5) is 25.1. The molecule has 1 aliphatic rings. The van der Waals surface area contributed by atoms with E-state index in [1.165, 1.54) is 4.90 Å². The van der Waals surface area contributed by atoms with E-state index in [9.17, 15) is 9.59 Å². The Morgan fingerprint density at radius 2 is 2.05 bits per heavy atom. The normalized spacial score (nSPS) is 15.7. The Morgan fingerprint density at radius 3 is 2.55 bits per heavy atom. The van der Waals surface area contributed by atoms with Gasteiger partial charge in [-0.2, -0.15) is 5.26 Å². The Labute approximate surface area is 118 Å². The van der Waals surface area contributed by atoms with E-state index in [0.717, 1.165) is 0 Å². The first kappa shape index (κ1) is 16.0. The van der Waals surface area contributed by atoms with Gasteiger partial charge >= 0.3 is 12.1 Å². The molecule has 0 spiro atoms. The molecule has 0 unspecified atom stereocenters. The SMILES string of the molecule is CCOC(=O)C1=C(C#N)CN(C(=O)OC(C)(C)C)CC1. The first-order chi connectivity index (χ1) is 9.28. The maximum absolute atomic E-state index is 11.9. The molecule has 0 fully saturated rings. The molecule has 0 N–H and O–H groups in total. The molecule has 0 radical (unpaired) electrons. The predicted octanol–water partition coefficient (Wildman–Crippen LogP) is 2.01. The zero-order valence-electron chi connectivity index (χ0n) is 12.4. The van der Waals surface area contributed by atoms with Gasteiger partial charge in [0.05, 0.1) is 30.4 Å². The third kappa shape index (κ3) is 4.26. The van der Waals surface area contributed by atoms with Crippen molar-refractivity contribution in [1.82, 2.24) is 4.90 Å². The lowest BCUT2D eigenvalue weighted by atomic mass is 10.0.